The van der Waals surface area contributed by atoms with E-state index in [0.29, 0.717) is 17.4 Å². The first-order chi connectivity index (χ1) is 13.3. The van der Waals surface area contributed by atoms with Crippen molar-refractivity contribution in [1.29, 1.82) is 0 Å². The Morgan fingerprint density at radius 1 is 1.34 bits per heavy atom. The van der Waals surface area contributed by atoms with Gasteiger partial charge in [0.15, 0.2) is 5.96 Å². The molecule has 7 nitrogen and oxygen atoms in total. The first-order valence-corrected chi connectivity index (χ1v) is 12.3. The summed E-state index contributed by atoms with van der Waals surface area (Å²) < 4.78 is 33.0. The number of aliphatic imine (C=N–C) groups is 1. The molecule has 0 saturated carbocycles. The molecule has 1 fully saturated rings. The molecule has 0 amide bonds. The normalized spacial score (nSPS) is 15.8. The van der Waals surface area contributed by atoms with E-state index in [1.54, 1.807) is 6.07 Å². The Bertz CT molecular complexity index is 747. The van der Waals surface area contributed by atoms with Crippen LogP contribution >= 0.6 is 35.3 Å². The van der Waals surface area contributed by atoms with Gasteiger partial charge in [-0.05, 0) is 52.0 Å². The average Bonchev–Trinajstić information content (AvgIpc) is 3.02. The van der Waals surface area contributed by atoms with Gasteiger partial charge in [-0.15, -0.1) is 35.3 Å². The summed E-state index contributed by atoms with van der Waals surface area (Å²) >= 11 is 1.50. The number of thiophene rings is 1. The van der Waals surface area contributed by atoms with Crippen molar-refractivity contribution in [3.05, 3.63) is 15.8 Å². The minimum atomic E-state index is -3.48. The van der Waals surface area contributed by atoms with Crippen molar-refractivity contribution < 1.29 is 13.2 Å². The van der Waals surface area contributed by atoms with E-state index in [1.165, 1.54) is 11.3 Å². The molecule has 0 atom stereocenters. The van der Waals surface area contributed by atoms with Gasteiger partial charge in [-0.25, -0.2) is 13.1 Å². The van der Waals surface area contributed by atoms with Gasteiger partial charge in [0.2, 0.25) is 10.0 Å². The predicted molar refractivity (Wildman–Crippen MR) is 131 cm³/mol. The molecule has 0 spiro atoms. The second-order valence-corrected chi connectivity index (χ2v) is 10.4. The molecule has 0 aliphatic carbocycles. The average molecular weight is 559 g/mol. The second kappa shape index (κ2) is 13.1. The van der Waals surface area contributed by atoms with E-state index in [9.17, 15) is 8.42 Å². The number of rotatable bonds is 9. The van der Waals surface area contributed by atoms with Crippen LogP contribution in [-0.2, 0) is 14.8 Å². The van der Waals surface area contributed by atoms with Crippen molar-refractivity contribution in [2.45, 2.75) is 44.9 Å². The van der Waals surface area contributed by atoms with Gasteiger partial charge < -0.3 is 15.0 Å². The van der Waals surface area contributed by atoms with Crippen LogP contribution in [-0.4, -0.2) is 65.7 Å². The van der Waals surface area contributed by atoms with Crippen molar-refractivity contribution in [2.24, 2.45) is 10.9 Å². The summed E-state index contributed by atoms with van der Waals surface area (Å²) in [4.78, 5) is 8.89. The highest BCUT2D eigenvalue weighted by molar-refractivity contribution is 14.0. The van der Waals surface area contributed by atoms with Gasteiger partial charge in [-0.1, -0.05) is 0 Å². The Hall–Kier alpha value is -0.430. The second-order valence-electron chi connectivity index (χ2n) is 7.18. The van der Waals surface area contributed by atoms with Crippen LogP contribution in [0.5, 0.6) is 0 Å². The number of hydrogen-bond donors (Lipinski definition) is 2. The van der Waals surface area contributed by atoms with Crippen LogP contribution in [0.4, 0.5) is 0 Å². The molecule has 1 aromatic rings. The Kier molecular flexibility index (Phi) is 12.0. The number of sulfonamides is 1. The zero-order valence-corrected chi connectivity index (χ0v) is 21.8. The van der Waals surface area contributed by atoms with Gasteiger partial charge in [0.25, 0.3) is 0 Å². The summed E-state index contributed by atoms with van der Waals surface area (Å²) in [6.45, 7) is 9.89. The summed E-state index contributed by atoms with van der Waals surface area (Å²) in [6, 6.07) is 1.72. The predicted octanol–water partition coefficient (Wildman–Crippen LogP) is 2.98. The summed E-state index contributed by atoms with van der Waals surface area (Å²) in [7, 11) is -1.45. The van der Waals surface area contributed by atoms with Crippen LogP contribution in [0, 0.1) is 19.8 Å². The van der Waals surface area contributed by atoms with Crippen molar-refractivity contribution in [1.82, 2.24) is 14.9 Å². The quantitative estimate of drug-likeness (QED) is 0.211. The molecule has 0 bridgehead atoms. The topological polar surface area (TPSA) is 83.0 Å². The Balaban J connectivity index is 0.00000420. The summed E-state index contributed by atoms with van der Waals surface area (Å²) in [5.41, 5.74) is 0. The first-order valence-electron chi connectivity index (χ1n) is 9.97. The summed E-state index contributed by atoms with van der Waals surface area (Å²) in [5.74, 6) is 1.53. The lowest BCUT2D eigenvalue weighted by atomic mass is 9.96. The molecule has 2 N–H and O–H groups in total. The lowest BCUT2D eigenvalue weighted by Crippen LogP contribution is -2.40. The fraction of sp³-hybridized carbons (Fsp3) is 0.737. The minimum Gasteiger partial charge on any atom is -0.381 e. The van der Waals surface area contributed by atoms with Gasteiger partial charge in [0.05, 0.1) is 11.4 Å². The first kappa shape index (κ1) is 26.6. The molecule has 0 unspecified atom stereocenters. The number of ether oxygens (including phenoxy) is 1. The van der Waals surface area contributed by atoms with Gasteiger partial charge >= 0.3 is 0 Å². The van der Waals surface area contributed by atoms with E-state index in [0.717, 1.165) is 61.3 Å². The highest BCUT2D eigenvalue weighted by Crippen LogP contribution is 2.24. The molecule has 1 aliphatic rings. The van der Waals surface area contributed by atoms with E-state index < -0.39 is 10.0 Å². The number of guanidine groups is 1. The van der Waals surface area contributed by atoms with Crippen LogP contribution < -0.4 is 10.0 Å². The Labute approximate surface area is 196 Å². The Morgan fingerprint density at radius 2 is 2.03 bits per heavy atom. The standard InChI is InChI=1S/C19H34N4O3S2.HI/c1-5-20-19(23(4)11-6-17-7-12-26-13-8-17)21-9-10-22-28(24,25)18-14-15(2)27-16(18)3;/h14,17,22H,5-13H2,1-4H3,(H,20,21);1H. The van der Waals surface area contributed by atoms with E-state index >= 15 is 0 Å². The summed E-state index contributed by atoms with van der Waals surface area (Å²) in [6.07, 6.45) is 3.38. The van der Waals surface area contributed by atoms with Gasteiger partial charge in [-0.2, -0.15) is 0 Å². The molecule has 2 rings (SSSR count). The molecule has 29 heavy (non-hydrogen) atoms. The van der Waals surface area contributed by atoms with E-state index in [-0.39, 0.29) is 30.5 Å². The third kappa shape index (κ3) is 8.68. The van der Waals surface area contributed by atoms with E-state index in [4.69, 9.17) is 4.74 Å². The third-order valence-corrected chi connectivity index (χ3v) is 7.54. The number of nitrogens with zero attached hydrogens (tertiary/aromatic N) is 2. The SMILES string of the molecule is CCNC(=NCCNS(=O)(=O)c1cc(C)sc1C)N(C)CCC1CCOCC1.I. The van der Waals surface area contributed by atoms with Crippen LogP contribution in [0.25, 0.3) is 0 Å². The largest absolute Gasteiger partial charge is 0.381 e. The monoisotopic (exact) mass is 558 g/mol. The molecular weight excluding hydrogens is 523 g/mol. The van der Waals surface area contributed by atoms with Crippen molar-refractivity contribution in [2.75, 3.05) is 46.4 Å². The van der Waals surface area contributed by atoms with Gasteiger partial charge in [-0.3, -0.25) is 4.99 Å². The molecule has 1 aliphatic heterocycles. The van der Waals surface area contributed by atoms with E-state index in [2.05, 4.69) is 19.9 Å². The zero-order chi connectivity index (χ0) is 20.6. The van der Waals surface area contributed by atoms with Crippen molar-refractivity contribution in [3.8, 4) is 0 Å². The van der Waals surface area contributed by atoms with Crippen LogP contribution in [0.15, 0.2) is 16.0 Å². The highest BCUT2D eigenvalue weighted by Gasteiger charge is 2.19. The van der Waals surface area contributed by atoms with Gasteiger partial charge in [0.1, 0.15) is 0 Å². The molecular formula is C19H35IN4O3S2. The molecule has 0 radical (unpaired) electrons. The lowest BCUT2D eigenvalue weighted by molar-refractivity contribution is 0.0625. The smallest absolute Gasteiger partial charge is 0.241 e. The lowest BCUT2D eigenvalue weighted by Gasteiger charge is -2.26. The zero-order valence-electron chi connectivity index (χ0n) is 17.9. The molecule has 168 valence electrons. The van der Waals surface area contributed by atoms with Crippen LogP contribution in [0.3, 0.4) is 0 Å². The molecule has 0 aromatic carbocycles. The maximum Gasteiger partial charge on any atom is 0.241 e. The fourth-order valence-corrected chi connectivity index (χ4v) is 5.85. The molecule has 1 aromatic heterocycles. The van der Waals surface area contributed by atoms with Crippen LogP contribution in [0.1, 0.15) is 35.9 Å². The number of nitrogens with one attached hydrogen (secondary N) is 2. The molecule has 10 heteroatoms. The third-order valence-electron chi connectivity index (χ3n) is 4.86. The highest BCUT2D eigenvalue weighted by atomic mass is 127. The molecule has 2 heterocycles. The molecule has 1 saturated heterocycles. The van der Waals surface area contributed by atoms with Crippen molar-refractivity contribution in [3.63, 3.8) is 0 Å². The maximum atomic E-state index is 12.5. The number of aryl methyl sites for hydroxylation is 2. The van der Waals surface area contributed by atoms with Crippen molar-refractivity contribution >= 4 is 51.3 Å². The minimum absolute atomic E-state index is 0. The van der Waals surface area contributed by atoms with E-state index in [1.807, 2.05) is 27.8 Å². The fourth-order valence-electron chi connectivity index (χ4n) is 3.28. The number of hydrogen-bond acceptors (Lipinski definition) is 5. The Morgan fingerprint density at radius 3 is 2.62 bits per heavy atom. The maximum absolute atomic E-state index is 12.5. The van der Waals surface area contributed by atoms with Crippen LogP contribution in [0.2, 0.25) is 0 Å². The number of halogens is 1. The summed E-state index contributed by atoms with van der Waals surface area (Å²) in [5, 5.41) is 3.29. The van der Waals surface area contributed by atoms with Gasteiger partial charge in [0, 0.05) is 49.6 Å².